The van der Waals surface area contributed by atoms with Gasteiger partial charge in [0.25, 0.3) is 6.43 Å². The molecular formula is C14H13BrF2N2O2. The second-order valence-electron chi connectivity index (χ2n) is 4.59. The lowest BCUT2D eigenvalue weighted by Gasteiger charge is -2.23. The zero-order valence-electron chi connectivity index (χ0n) is 11.1. The molecule has 2 heterocycles. The van der Waals surface area contributed by atoms with Gasteiger partial charge >= 0.3 is 0 Å². The highest BCUT2D eigenvalue weighted by molar-refractivity contribution is 9.09. The largest absolute Gasteiger partial charge is 0.454 e. The van der Waals surface area contributed by atoms with Crippen molar-refractivity contribution in [2.24, 2.45) is 0 Å². The maximum absolute atomic E-state index is 12.8. The van der Waals surface area contributed by atoms with E-state index >= 15 is 0 Å². The topological polar surface area (TPSA) is 34.6 Å². The first-order chi connectivity index (χ1) is 10.2. The molecule has 2 aromatic rings. The van der Waals surface area contributed by atoms with E-state index in [1.54, 1.807) is 17.2 Å². The summed E-state index contributed by atoms with van der Waals surface area (Å²) in [5, 5.41) is 2.25. The highest BCUT2D eigenvalue weighted by atomic mass is 79.9. The van der Waals surface area contributed by atoms with Gasteiger partial charge in [0.15, 0.2) is 11.5 Å². The molecule has 0 saturated carbocycles. The zero-order valence-corrected chi connectivity index (χ0v) is 12.6. The molecule has 0 unspecified atom stereocenters. The highest BCUT2D eigenvalue weighted by Crippen LogP contribution is 2.38. The van der Waals surface area contributed by atoms with Gasteiger partial charge in [-0.25, -0.2) is 13.8 Å². The molecule has 0 spiro atoms. The number of anilines is 1. The number of halogens is 3. The van der Waals surface area contributed by atoms with Crippen LogP contribution in [0.2, 0.25) is 0 Å². The van der Waals surface area contributed by atoms with E-state index in [2.05, 4.69) is 20.9 Å². The number of hydrogen-bond acceptors (Lipinski definition) is 4. The molecule has 0 aliphatic carbocycles. The average molecular weight is 359 g/mol. The Labute approximate surface area is 128 Å². The van der Waals surface area contributed by atoms with Crippen molar-refractivity contribution in [1.29, 1.82) is 0 Å². The van der Waals surface area contributed by atoms with Crippen molar-refractivity contribution in [1.82, 2.24) is 4.98 Å². The van der Waals surface area contributed by atoms with Crippen LogP contribution in [0, 0.1) is 0 Å². The molecule has 0 fully saturated rings. The van der Waals surface area contributed by atoms with Gasteiger partial charge in [0.1, 0.15) is 5.82 Å². The summed E-state index contributed by atoms with van der Waals surface area (Å²) < 4.78 is 36.3. The summed E-state index contributed by atoms with van der Waals surface area (Å²) in [6.45, 7) is 0.271. The van der Waals surface area contributed by atoms with Gasteiger partial charge in [-0.2, -0.15) is 0 Å². The first-order valence-electron chi connectivity index (χ1n) is 6.46. The maximum Gasteiger partial charge on any atom is 0.255 e. The summed E-state index contributed by atoms with van der Waals surface area (Å²) in [5.74, 6) is 1.82. The molecule has 7 heteroatoms. The van der Waals surface area contributed by atoms with Gasteiger partial charge in [0, 0.05) is 23.5 Å². The Morgan fingerprint density at radius 2 is 2.05 bits per heavy atom. The lowest BCUT2D eigenvalue weighted by Crippen LogP contribution is -2.31. The third-order valence-corrected chi connectivity index (χ3v) is 3.60. The monoisotopic (exact) mass is 358 g/mol. The Bertz CT molecular complexity index is 654. The summed E-state index contributed by atoms with van der Waals surface area (Å²) in [6, 6.07) is 5.47. The number of ether oxygens (including phenoxy) is 2. The Morgan fingerprint density at radius 1 is 1.29 bits per heavy atom. The molecule has 0 saturated heterocycles. The maximum atomic E-state index is 12.8. The Kier molecular flexibility index (Phi) is 4.10. The molecule has 112 valence electrons. The van der Waals surface area contributed by atoms with Crippen LogP contribution in [-0.2, 0) is 0 Å². The first kappa shape index (κ1) is 14.3. The Morgan fingerprint density at radius 3 is 2.76 bits per heavy atom. The molecule has 1 aliphatic heterocycles. The van der Waals surface area contributed by atoms with Gasteiger partial charge < -0.3 is 14.4 Å². The fourth-order valence-electron chi connectivity index (χ4n) is 2.35. The van der Waals surface area contributed by atoms with E-state index in [1.807, 2.05) is 12.1 Å². The van der Waals surface area contributed by atoms with Crippen LogP contribution in [-0.4, -0.2) is 36.6 Å². The summed E-state index contributed by atoms with van der Waals surface area (Å²) >= 11 is 3.29. The van der Waals surface area contributed by atoms with Crippen LogP contribution in [0.4, 0.5) is 14.6 Å². The first-order valence-corrected chi connectivity index (χ1v) is 7.58. The van der Waals surface area contributed by atoms with Crippen LogP contribution in [0.5, 0.6) is 11.5 Å². The van der Waals surface area contributed by atoms with Gasteiger partial charge in [-0.05, 0) is 23.6 Å². The van der Waals surface area contributed by atoms with Crippen LogP contribution >= 0.6 is 15.9 Å². The standard InChI is InChI=1S/C14H13BrF2N2O2/c15-2-4-19(7-13(16)17)14-10-6-12-11(20-8-21-12)5-9(10)1-3-18-14/h1,3,5-6,13H,2,4,7-8H2. The molecule has 0 bridgehead atoms. The third kappa shape index (κ3) is 2.88. The van der Waals surface area contributed by atoms with Crippen LogP contribution < -0.4 is 14.4 Å². The van der Waals surface area contributed by atoms with Crippen molar-refractivity contribution in [3.05, 3.63) is 24.4 Å². The molecule has 0 N–H and O–H groups in total. The van der Waals surface area contributed by atoms with Crippen molar-refractivity contribution in [3.8, 4) is 11.5 Å². The number of hydrogen-bond donors (Lipinski definition) is 0. The highest BCUT2D eigenvalue weighted by Gasteiger charge is 2.20. The number of rotatable bonds is 5. The third-order valence-electron chi connectivity index (χ3n) is 3.25. The van der Waals surface area contributed by atoms with Crippen LogP contribution in [0.25, 0.3) is 10.8 Å². The van der Waals surface area contributed by atoms with Gasteiger partial charge in [0.05, 0.1) is 6.54 Å². The minimum Gasteiger partial charge on any atom is -0.454 e. The Hall–Kier alpha value is -1.63. The minimum atomic E-state index is -2.42. The van der Waals surface area contributed by atoms with E-state index in [0.29, 0.717) is 29.2 Å². The van der Waals surface area contributed by atoms with E-state index in [4.69, 9.17) is 9.47 Å². The predicted octanol–water partition coefficient (Wildman–Crippen LogP) is 3.43. The lowest BCUT2D eigenvalue weighted by molar-refractivity contribution is 0.155. The van der Waals surface area contributed by atoms with E-state index in [0.717, 1.165) is 10.8 Å². The molecule has 0 atom stereocenters. The predicted molar refractivity (Wildman–Crippen MR) is 79.9 cm³/mol. The summed E-state index contributed by atoms with van der Waals surface area (Å²) in [5.41, 5.74) is 0. The lowest BCUT2D eigenvalue weighted by atomic mass is 10.1. The number of benzene rings is 1. The van der Waals surface area contributed by atoms with Crippen molar-refractivity contribution in [3.63, 3.8) is 0 Å². The van der Waals surface area contributed by atoms with Gasteiger partial charge in [0.2, 0.25) is 6.79 Å². The van der Waals surface area contributed by atoms with Gasteiger partial charge in [-0.15, -0.1) is 0 Å². The molecular weight excluding hydrogens is 346 g/mol. The van der Waals surface area contributed by atoms with Crippen LogP contribution in [0.1, 0.15) is 0 Å². The van der Waals surface area contributed by atoms with Gasteiger partial charge in [-0.3, -0.25) is 0 Å². The normalized spacial score (nSPS) is 13.1. The molecule has 1 aliphatic rings. The fraction of sp³-hybridized carbons (Fsp3) is 0.357. The smallest absolute Gasteiger partial charge is 0.255 e. The van der Waals surface area contributed by atoms with E-state index in [-0.39, 0.29) is 13.3 Å². The van der Waals surface area contributed by atoms with E-state index < -0.39 is 6.43 Å². The van der Waals surface area contributed by atoms with Crippen molar-refractivity contribution >= 4 is 32.5 Å². The second-order valence-corrected chi connectivity index (χ2v) is 5.38. The summed E-state index contributed by atoms with van der Waals surface area (Å²) in [7, 11) is 0. The summed E-state index contributed by atoms with van der Waals surface area (Å²) in [4.78, 5) is 5.85. The SMILES string of the molecule is FC(F)CN(CCBr)c1nccc2cc3c(cc12)OCO3. The summed E-state index contributed by atoms with van der Waals surface area (Å²) in [6.07, 6.45) is -0.804. The zero-order chi connectivity index (χ0) is 14.8. The van der Waals surface area contributed by atoms with Crippen LogP contribution in [0.15, 0.2) is 24.4 Å². The van der Waals surface area contributed by atoms with E-state index in [9.17, 15) is 8.78 Å². The van der Waals surface area contributed by atoms with Gasteiger partial charge in [-0.1, -0.05) is 15.9 Å². The second kappa shape index (κ2) is 6.01. The van der Waals surface area contributed by atoms with Crippen LogP contribution in [0.3, 0.4) is 0 Å². The number of aromatic nitrogens is 1. The molecule has 4 nitrogen and oxygen atoms in total. The van der Waals surface area contributed by atoms with Crippen molar-refractivity contribution < 1.29 is 18.3 Å². The number of fused-ring (bicyclic) bond motifs is 2. The number of nitrogens with zero attached hydrogens (tertiary/aromatic N) is 2. The van der Waals surface area contributed by atoms with E-state index in [1.165, 1.54) is 0 Å². The molecule has 21 heavy (non-hydrogen) atoms. The van der Waals surface area contributed by atoms with Crippen molar-refractivity contribution in [2.75, 3.05) is 30.1 Å². The minimum absolute atomic E-state index is 0.177. The molecule has 1 aromatic carbocycles. The molecule has 0 amide bonds. The quantitative estimate of drug-likeness (QED) is 0.767. The fourth-order valence-corrected chi connectivity index (χ4v) is 2.78. The molecule has 0 radical (unpaired) electrons. The molecule has 1 aromatic heterocycles. The average Bonchev–Trinajstić information content (AvgIpc) is 2.90. The Balaban J connectivity index is 2.08. The number of alkyl halides is 3. The molecule has 3 rings (SSSR count). The number of pyridine rings is 1. The van der Waals surface area contributed by atoms with Crippen molar-refractivity contribution in [2.45, 2.75) is 6.43 Å².